The maximum atomic E-state index is 13.4. The first-order valence-electron chi connectivity index (χ1n) is 9.89. The first-order valence-corrected chi connectivity index (χ1v) is 9.89. The fourth-order valence-corrected chi connectivity index (χ4v) is 3.85. The summed E-state index contributed by atoms with van der Waals surface area (Å²) in [6.45, 7) is 3.51. The molecule has 0 bridgehead atoms. The number of para-hydroxylation sites is 1. The van der Waals surface area contributed by atoms with Gasteiger partial charge < -0.3 is 10.6 Å². The minimum atomic E-state index is 0.0337. The number of amides is 1. The molecule has 1 aliphatic rings. The SMILES string of the molecule is CC(N)C1CCCN(C(=O)c2cn(-c3ccccc3)nc2-c2ccccc2)C1. The summed E-state index contributed by atoms with van der Waals surface area (Å²) in [6, 6.07) is 19.9. The van der Waals surface area contributed by atoms with Crippen LogP contribution in [0.25, 0.3) is 16.9 Å². The topological polar surface area (TPSA) is 64.2 Å². The van der Waals surface area contributed by atoms with Crippen LogP contribution in [0.2, 0.25) is 0 Å². The fourth-order valence-electron chi connectivity index (χ4n) is 3.85. The number of aromatic nitrogens is 2. The highest BCUT2D eigenvalue weighted by Crippen LogP contribution is 2.27. The molecule has 28 heavy (non-hydrogen) atoms. The third-order valence-corrected chi connectivity index (χ3v) is 5.50. The lowest BCUT2D eigenvalue weighted by Crippen LogP contribution is -2.45. The summed E-state index contributed by atoms with van der Waals surface area (Å²) in [5.74, 6) is 0.383. The zero-order valence-electron chi connectivity index (χ0n) is 16.2. The third-order valence-electron chi connectivity index (χ3n) is 5.50. The highest BCUT2D eigenvalue weighted by molar-refractivity contribution is 6.00. The lowest BCUT2D eigenvalue weighted by Gasteiger charge is -2.34. The maximum Gasteiger partial charge on any atom is 0.257 e. The van der Waals surface area contributed by atoms with Crippen LogP contribution < -0.4 is 5.73 Å². The minimum absolute atomic E-state index is 0.0337. The van der Waals surface area contributed by atoms with Gasteiger partial charge in [0.1, 0.15) is 5.69 Å². The van der Waals surface area contributed by atoms with Gasteiger partial charge in [0, 0.05) is 30.9 Å². The van der Waals surface area contributed by atoms with Gasteiger partial charge >= 0.3 is 0 Å². The van der Waals surface area contributed by atoms with Crippen molar-refractivity contribution in [1.82, 2.24) is 14.7 Å². The van der Waals surface area contributed by atoms with E-state index in [4.69, 9.17) is 10.8 Å². The Kier molecular flexibility index (Phi) is 5.26. The quantitative estimate of drug-likeness (QED) is 0.757. The number of carbonyl (C=O) groups excluding carboxylic acids is 1. The van der Waals surface area contributed by atoms with Crippen LogP contribution in [0, 0.1) is 5.92 Å². The molecule has 1 amide bonds. The van der Waals surface area contributed by atoms with Gasteiger partial charge in [0.15, 0.2) is 0 Å². The van der Waals surface area contributed by atoms with E-state index in [1.807, 2.05) is 78.7 Å². The Labute approximate surface area is 165 Å². The molecule has 2 unspecified atom stereocenters. The number of nitrogens with zero attached hydrogens (tertiary/aromatic N) is 3. The Morgan fingerprint density at radius 2 is 1.79 bits per heavy atom. The van der Waals surface area contributed by atoms with Crippen molar-refractivity contribution >= 4 is 5.91 Å². The molecule has 0 saturated carbocycles. The Balaban J connectivity index is 1.72. The van der Waals surface area contributed by atoms with Crippen LogP contribution in [0.3, 0.4) is 0 Å². The van der Waals surface area contributed by atoms with Crippen LogP contribution in [0.5, 0.6) is 0 Å². The molecule has 1 saturated heterocycles. The highest BCUT2D eigenvalue weighted by atomic mass is 16.2. The molecule has 0 spiro atoms. The number of benzene rings is 2. The lowest BCUT2D eigenvalue weighted by atomic mass is 9.91. The smallest absolute Gasteiger partial charge is 0.257 e. The molecule has 5 nitrogen and oxygen atoms in total. The molecule has 144 valence electrons. The molecule has 0 radical (unpaired) electrons. The number of rotatable bonds is 4. The van der Waals surface area contributed by atoms with Gasteiger partial charge in [-0.15, -0.1) is 0 Å². The summed E-state index contributed by atoms with van der Waals surface area (Å²) < 4.78 is 1.79. The van der Waals surface area contributed by atoms with Gasteiger partial charge in [-0.3, -0.25) is 4.79 Å². The summed E-state index contributed by atoms with van der Waals surface area (Å²) in [6.07, 6.45) is 3.93. The average Bonchev–Trinajstić information content (AvgIpc) is 3.20. The number of hydrogen-bond acceptors (Lipinski definition) is 3. The number of piperidine rings is 1. The number of likely N-dealkylation sites (tertiary alicyclic amines) is 1. The predicted octanol–water partition coefficient (Wildman–Crippen LogP) is 3.74. The van der Waals surface area contributed by atoms with Crippen LogP contribution in [0.15, 0.2) is 66.9 Å². The summed E-state index contributed by atoms with van der Waals surface area (Å²) in [5.41, 5.74) is 9.36. The van der Waals surface area contributed by atoms with Crippen molar-refractivity contribution < 1.29 is 4.79 Å². The van der Waals surface area contributed by atoms with Crippen molar-refractivity contribution in [2.24, 2.45) is 11.7 Å². The first kappa shape index (κ1) is 18.4. The van der Waals surface area contributed by atoms with Crippen LogP contribution in [-0.4, -0.2) is 39.7 Å². The molecule has 2 heterocycles. The molecule has 2 atom stereocenters. The van der Waals surface area contributed by atoms with Crippen molar-refractivity contribution in [2.75, 3.05) is 13.1 Å². The summed E-state index contributed by atoms with van der Waals surface area (Å²) >= 11 is 0. The lowest BCUT2D eigenvalue weighted by molar-refractivity contribution is 0.0661. The Bertz CT molecular complexity index is 934. The fraction of sp³-hybridized carbons (Fsp3) is 0.304. The Hall–Kier alpha value is -2.92. The second kappa shape index (κ2) is 7.98. The standard InChI is InChI=1S/C23H26N4O/c1-17(24)19-11-8-14-26(15-19)23(28)21-16-27(20-12-6-3-7-13-20)25-22(21)18-9-4-2-5-10-18/h2-7,9-10,12-13,16-17,19H,8,11,14-15,24H2,1H3. The highest BCUT2D eigenvalue weighted by Gasteiger charge is 2.29. The van der Waals surface area contributed by atoms with Gasteiger partial charge in [0.25, 0.3) is 5.91 Å². The molecular weight excluding hydrogens is 348 g/mol. The zero-order valence-corrected chi connectivity index (χ0v) is 16.2. The normalized spacial score (nSPS) is 18.1. The van der Waals surface area contributed by atoms with E-state index in [0.29, 0.717) is 18.0 Å². The van der Waals surface area contributed by atoms with E-state index in [1.54, 1.807) is 4.68 Å². The zero-order chi connectivity index (χ0) is 19.5. The van der Waals surface area contributed by atoms with E-state index < -0.39 is 0 Å². The van der Waals surface area contributed by atoms with Crippen LogP contribution in [0.4, 0.5) is 0 Å². The molecule has 3 aromatic rings. The van der Waals surface area contributed by atoms with E-state index in [2.05, 4.69) is 0 Å². The first-order chi connectivity index (χ1) is 13.6. The number of carbonyl (C=O) groups is 1. The molecular formula is C23H26N4O. The van der Waals surface area contributed by atoms with Gasteiger partial charge in [-0.05, 0) is 37.8 Å². The van der Waals surface area contributed by atoms with Crippen LogP contribution in [0.1, 0.15) is 30.1 Å². The van der Waals surface area contributed by atoms with E-state index in [-0.39, 0.29) is 11.9 Å². The molecule has 5 heteroatoms. The third kappa shape index (κ3) is 3.71. The Morgan fingerprint density at radius 3 is 2.46 bits per heavy atom. The average molecular weight is 374 g/mol. The van der Waals surface area contributed by atoms with E-state index in [9.17, 15) is 4.79 Å². The van der Waals surface area contributed by atoms with Crippen molar-refractivity contribution in [3.63, 3.8) is 0 Å². The molecule has 0 aliphatic carbocycles. The number of nitrogens with two attached hydrogens (primary N) is 1. The number of hydrogen-bond donors (Lipinski definition) is 1. The second-order valence-corrected chi connectivity index (χ2v) is 7.55. The molecule has 1 aromatic heterocycles. The minimum Gasteiger partial charge on any atom is -0.338 e. The second-order valence-electron chi connectivity index (χ2n) is 7.55. The van der Waals surface area contributed by atoms with Crippen molar-refractivity contribution in [2.45, 2.75) is 25.8 Å². The maximum absolute atomic E-state index is 13.4. The van der Waals surface area contributed by atoms with Crippen LogP contribution >= 0.6 is 0 Å². The van der Waals surface area contributed by atoms with Gasteiger partial charge in [0.2, 0.25) is 0 Å². The van der Waals surface area contributed by atoms with Crippen molar-refractivity contribution in [1.29, 1.82) is 0 Å². The van der Waals surface area contributed by atoms with Gasteiger partial charge in [0.05, 0.1) is 11.3 Å². The van der Waals surface area contributed by atoms with E-state index in [1.165, 1.54) is 0 Å². The summed E-state index contributed by atoms with van der Waals surface area (Å²) in [7, 11) is 0. The van der Waals surface area contributed by atoms with Crippen LogP contribution in [-0.2, 0) is 0 Å². The summed E-state index contributed by atoms with van der Waals surface area (Å²) in [4.78, 5) is 15.4. The monoisotopic (exact) mass is 374 g/mol. The van der Waals surface area contributed by atoms with E-state index >= 15 is 0 Å². The largest absolute Gasteiger partial charge is 0.338 e. The van der Waals surface area contributed by atoms with Crippen molar-refractivity contribution in [3.8, 4) is 16.9 Å². The predicted molar refractivity (Wildman–Crippen MR) is 111 cm³/mol. The molecule has 1 aliphatic heterocycles. The molecule has 4 rings (SSSR count). The summed E-state index contributed by atoms with van der Waals surface area (Å²) in [5, 5.41) is 4.77. The van der Waals surface area contributed by atoms with Crippen molar-refractivity contribution in [3.05, 3.63) is 72.4 Å². The molecule has 2 N–H and O–H groups in total. The van der Waals surface area contributed by atoms with Gasteiger partial charge in [-0.1, -0.05) is 48.5 Å². The molecule has 1 fully saturated rings. The Morgan fingerprint density at radius 1 is 1.11 bits per heavy atom. The molecule has 2 aromatic carbocycles. The van der Waals surface area contributed by atoms with E-state index in [0.717, 1.165) is 36.3 Å². The van der Waals surface area contributed by atoms with Gasteiger partial charge in [-0.25, -0.2) is 4.68 Å². The van der Waals surface area contributed by atoms with Gasteiger partial charge in [-0.2, -0.15) is 5.10 Å².